The van der Waals surface area contributed by atoms with E-state index in [0.29, 0.717) is 39.5 Å². The van der Waals surface area contributed by atoms with Crippen LogP contribution in [0, 0.1) is 34.6 Å². The Morgan fingerprint density at radius 1 is 0.429 bits per heavy atom. The van der Waals surface area contributed by atoms with Crippen molar-refractivity contribution in [3.05, 3.63) is 86.5 Å². The van der Waals surface area contributed by atoms with E-state index in [4.69, 9.17) is 28.4 Å². The zero-order chi connectivity index (χ0) is 37.1. The molecule has 0 saturated carbocycles. The van der Waals surface area contributed by atoms with E-state index in [-0.39, 0.29) is 12.8 Å². The summed E-state index contributed by atoms with van der Waals surface area (Å²) in [6.45, 7) is 25.5. The van der Waals surface area contributed by atoms with Gasteiger partial charge in [-0.05, 0) is 108 Å². The van der Waals surface area contributed by atoms with Crippen molar-refractivity contribution in [2.75, 3.05) is 0 Å². The van der Waals surface area contributed by atoms with Gasteiger partial charge in [-0.2, -0.15) is 0 Å². The van der Waals surface area contributed by atoms with E-state index in [9.17, 15) is 14.4 Å². The summed E-state index contributed by atoms with van der Waals surface area (Å²) in [7, 11) is 0. The predicted octanol–water partition coefficient (Wildman–Crippen LogP) is 10.4. The molecule has 0 aromatic heterocycles. The van der Waals surface area contributed by atoms with Crippen molar-refractivity contribution in [1.82, 2.24) is 0 Å². The second kappa shape index (κ2) is 14.9. The van der Waals surface area contributed by atoms with E-state index < -0.39 is 35.3 Å². The molecule has 0 amide bonds. The average Bonchev–Trinajstić information content (AvgIpc) is 2.87. The van der Waals surface area contributed by atoms with E-state index in [1.54, 1.807) is 62.3 Å². The van der Waals surface area contributed by atoms with Gasteiger partial charge < -0.3 is 28.4 Å². The maximum atomic E-state index is 13.2. The summed E-state index contributed by atoms with van der Waals surface area (Å²) in [5.74, 6) is 1.03. The molecule has 3 aromatic carbocycles. The third-order valence-corrected chi connectivity index (χ3v) is 6.87. The molecule has 3 aromatic rings. The van der Waals surface area contributed by atoms with Gasteiger partial charge in [0.15, 0.2) is 0 Å². The molecule has 266 valence electrons. The molecule has 0 fully saturated rings. The van der Waals surface area contributed by atoms with Gasteiger partial charge in [-0.25, -0.2) is 14.4 Å². The summed E-state index contributed by atoms with van der Waals surface area (Å²) >= 11 is 0. The van der Waals surface area contributed by atoms with Crippen LogP contribution in [0.3, 0.4) is 0 Å². The molecule has 0 aliphatic carbocycles. The van der Waals surface area contributed by atoms with Gasteiger partial charge in [-0.3, -0.25) is 0 Å². The SMILES string of the molecule is Cc1cc(C)c(OC(=O)OC(C)(C)C)c(Cc2cc(C)cc(Cc3cc(C)cc(C)c3OC(=O)OC(C)(C)C)c2OC(=O)OC(C)(C)C)c1. The van der Waals surface area contributed by atoms with Crippen molar-refractivity contribution in [2.24, 2.45) is 0 Å². The lowest BCUT2D eigenvalue weighted by atomic mass is 9.92. The van der Waals surface area contributed by atoms with Gasteiger partial charge in [-0.15, -0.1) is 0 Å². The van der Waals surface area contributed by atoms with Gasteiger partial charge in [0.1, 0.15) is 34.1 Å². The maximum Gasteiger partial charge on any atom is 0.514 e. The molecule has 9 heteroatoms. The Kier molecular flexibility index (Phi) is 11.9. The standard InChI is InChI=1S/C40H52O9/c1-23-15-26(4)32(44-35(41)47-38(6,7)8)28(17-23)21-30-19-25(3)20-31(34(30)46-37(43)49-40(12,13)14)22-29-18-24(2)16-27(5)33(29)45-36(42)48-39(9,10)11/h15-20H,21-22H2,1-14H3. The minimum atomic E-state index is -0.866. The minimum Gasteiger partial charge on any atom is -0.428 e. The number of rotatable bonds is 7. The van der Waals surface area contributed by atoms with Crippen LogP contribution >= 0.6 is 0 Å². The zero-order valence-electron chi connectivity index (χ0n) is 31.6. The van der Waals surface area contributed by atoms with Crippen LogP contribution < -0.4 is 14.2 Å². The smallest absolute Gasteiger partial charge is 0.428 e. The topological polar surface area (TPSA) is 107 Å². The predicted molar refractivity (Wildman–Crippen MR) is 189 cm³/mol. The van der Waals surface area contributed by atoms with Crippen LogP contribution in [-0.2, 0) is 27.1 Å². The number of benzene rings is 3. The summed E-state index contributed by atoms with van der Waals surface area (Å²) in [4.78, 5) is 38.8. The lowest BCUT2D eigenvalue weighted by molar-refractivity contribution is 0.0190. The third-order valence-electron chi connectivity index (χ3n) is 6.87. The number of carbonyl (C=O) groups is 3. The van der Waals surface area contributed by atoms with E-state index in [1.165, 1.54) is 0 Å². The monoisotopic (exact) mass is 676 g/mol. The second-order valence-corrected chi connectivity index (χ2v) is 15.6. The first-order valence-corrected chi connectivity index (χ1v) is 16.4. The number of aryl methyl sites for hydroxylation is 5. The lowest BCUT2D eigenvalue weighted by Gasteiger charge is -2.23. The minimum absolute atomic E-state index is 0.252. The van der Waals surface area contributed by atoms with Gasteiger partial charge in [0.2, 0.25) is 0 Å². The molecule has 0 saturated heterocycles. The van der Waals surface area contributed by atoms with Crippen LogP contribution in [0.4, 0.5) is 14.4 Å². The maximum absolute atomic E-state index is 13.2. The molecule has 0 unspecified atom stereocenters. The summed E-state index contributed by atoms with van der Waals surface area (Å²) in [6.07, 6.45) is -2.00. The van der Waals surface area contributed by atoms with E-state index >= 15 is 0 Å². The van der Waals surface area contributed by atoms with Crippen LogP contribution in [0.15, 0.2) is 36.4 Å². The molecule has 0 radical (unpaired) electrons. The van der Waals surface area contributed by atoms with E-state index in [1.807, 2.05) is 71.0 Å². The first-order valence-electron chi connectivity index (χ1n) is 16.4. The second-order valence-electron chi connectivity index (χ2n) is 15.6. The fourth-order valence-corrected chi connectivity index (χ4v) is 5.43. The number of hydrogen-bond acceptors (Lipinski definition) is 9. The van der Waals surface area contributed by atoms with Crippen LogP contribution in [0.25, 0.3) is 0 Å². The van der Waals surface area contributed by atoms with Crippen molar-refractivity contribution >= 4 is 18.5 Å². The number of carbonyl (C=O) groups excluding carboxylic acids is 3. The Hall–Kier alpha value is -4.53. The third kappa shape index (κ3) is 12.1. The molecule has 0 bridgehead atoms. The molecular weight excluding hydrogens is 624 g/mol. The summed E-state index contributed by atoms with van der Waals surface area (Å²) in [5.41, 5.74) is 4.79. The molecule has 3 rings (SSSR count). The highest BCUT2D eigenvalue weighted by Crippen LogP contribution is 2.37. The van der Waals surface area contributed by atoms with Gasteiger partial charge in [0.05, 0.1) is 0 Å². The average molecular weight is 677 g/mol. The van der Waals surface area contributed by atoms with Crippen molar-refractivity contribution in [3.63, 3.8) is 0 Å². The Balaban J connectivity index is 2.19. The van der Waals surface area contributed by atoms with Crippen molar-refractivity contribution in [3.8, 4) is 17.2 Å². The Bertz CT molecular complexity index is 1600. The highest BCUT2D eigenvalue weighted by molar-refractivity contribution is 5.69. The van der Waals surface area contributed by atoms with Crippen LogP contribution in [0.1, 0.15) is 112 Å². The molecular formula is C40H52O9. The highest BCUT2D eigenvalue weighted by atomic mass is 16.7. The summed E-state index contributed by atoms with van der Waals surface area (Å²) in [5, 5.41) is 0. The fraction of sp³-hybridized carbons (Fsp3) is 0.475. The van der Waals surface area contributed by atoms with Crippen molar-refractivity contribution < 1.29 is 42.8 Å². The summed E-state index contributed by atoms with van der Waals surface area (Å²) in [6, 6.07) is 11.6. The molecule has 0 atom stereocenters. The van der Waals surface area contributed by atoms with Crippen LogP contribution in [0.2, 0.25) is 0 Å². The Labute approximate surface area is 291 Å². The van der Waals surface area contributed by atoms with Crippen molar-refractivity contribution in [1.29, 1.82) is 0 Å². The fourth-order valence-electron chi connectivity index (χ4n) is 5.43. The molecule has 0 N–H and O–H groups in total. The largest absolute Gasteiger partial charge is 0.514 e. The molecule has 0 aliphatic heterocycles. The number of ether oxygens (including phenoxy) is 6. The quantitative estimate of drug-likeness (QED) is 0.137. The normalized spacial score (nSPS) is 11.9. The number of hydrogen-bond donors (Lipinski definition) is 0. The Morgan fingerprint density at radius 2 is 0.673 bits per heavy atom. The molecule has 49 heavy (non-hydrogen) atoms. The van der Waals surface area contributed by atoms with Gasteiger partial charge >= 0.3 is 18.5 Å². The molecule has 9 nitrogen and oxygen atoms in total. The first-order chi connectivity index (χ1) is 22.4. The van der Waals surface area contributed by atoms with Crippen molar-refractivity contribution in [2.45, 2.75) is 127 Å². The van der Waals surface area contributed by atoms with Gasteiger partial charge in [0.25, 0.3) is 0 Å². The summed E-state index contributed by atoms with van der Waals surface area (Å²) < 4.78 is 34.1. The Morgan fingerprint density at radius 3 is 0.959 bits per heavy atom. The lowest BCUT2D eigenvalue weighted by Crippen LogP contribution is -2.27. The van der Waals surface area contributed by atoms with Crippen LogP contribution in [0.5, 0.6) is 17.2 Å². The van der Waals surface area contributed by atoms with E-state index in [0.717, 1.165) is 27.8 Å². The zero-order valence-corrected chi connectivity index (χ0v) is 31.6. The van der Waals surface area contributed by atoms with Gasteiger partial charge in [0, 0.05) is 35.1 Å². The van der Waals surface area contributed by atoms with Gasteiger partial charge in [-0.1, -0.05) is 53.1 Å². The molecule has 0 heterocycles. The van der Waals surface area contributed by atoms with Crippen LogP contribution in [-0.4, -0.2) is 35.3 Å². The highest BCUT2D eigenvalue weighted by Gasteiger charge is 2.26. The van der Waals surface area contributed by atoms with E-state index in [2.05, 4.69) is 0 Å². The molecule has 0 spiro atoms. The first kappa shape index (κ1) is 38.9. The molecule has 0 aliphatic rings.